The fourth-order valence-electron chi connectivity index (χ4n) is 4.25. The number of likely N-dealkylation sites (tertiary alicyclic amines) is 1. The highest BCUT2D eigenvalue weighted by Gasteiger charge is 2.20. The van der Waals surface area contributed by atoms with E-state index in [0.717, 1.165) is 59.9 Å². The van der Waals surface area contributed by atoms with Gasteiger partial charge >= 0.3 is 0 Å². The van der Waals surface area contributed by atoms with Crippen LogP contribution in [0.5, 0.6) is 11.5 Å². The number of carbonyl (C=O) groups excluding carboxylic acids is 1. The van der Waals surface area contributed by atoms with Gasteiger partial charge in [0.05, 0.1) is 25.6 Å². The Labute approximate surface area is 189 Å². The third-order valence-electron chi connectivity index (χ3n) is 6.04. The highest BCUT2D eigenvalue weighted by atomic mass is 16.5. The third kappa shape index (κ3) is 4.96. The Morgan fingerprint density at radius 3 is 2.41 bits per heavy atom. The maximum atomic E-state index is 12.9. The van der Waals surface area contributed by atoms with Crippen LogP contribution < -0.4 is 9.47 Å². The van der Waals surface area contributed by atoms with Crippen LogP contribution in [0.15, 0.2) is 54.7 Å². The summed E-state index contributed by atoms with van der Waals surface area (Å²) in [6.45, 7) is 1.75. The summed E-state index contributed by atoms with van der Waals surface area (Å²) in [4.78, 5) is 15.0. The van der Waals surface area contributed by atoms with Crippen molar-refractivity contribution < 1.29 is 14.3 Å². The normalized spacial score (nSPS) is 14.1. The molecule has 0 spiro atoms. The van der Waals surface area contributed by atoms with Crippen molar-refractivity contribution in [3.63, 3.8) is 0 Å². The van der Waals surface area contributed by atoms with E-state index in [0.29, 0.717) is 12.8 Å². The molecule has 6 nitrogen and oxygen atoms in total. The van der Waals surface area contributed by atoms with Crippen molar-refractivity contribution in [2.24, 2.45) is 0 Å². The first-order valence-corrected chi connectivity index (χ1v) is 11.3. The Morgan fingerprint density at radius 1 is 0.969 bits per heavy atom. The van der Waals surface area contributed by atoms with E-state index in [1.807, 2.05) is 64.3 Å². The van der Waals surface area contributed by atoms with Gasteiger partial charge in [-0.3, -0.25) is 4.79 Å². The highest BCUT2D eigenvalue weighted by Crippen LogP contribution is 2.35. The van der Waals surface area contributed by atoms with Crippen LogP contribution >= 0.6 is 0 Å². The minimum Gasteiger partial charge on any atom is -0.497 e. The van der Waals surface area contributed by atoms with Gasteiger partial charge in [-0.1, -0.05) is 31.0 Å². The number of amides is 1. The minimum atomic E-state index is 0.225. The number of benzene rings is 2. The van der Waals surface area contributed by atoms with Gasteiger partial charge in [-0.25, -0.2) is 4.68 Å². The Hall–Kier alpha value is -3.28. The van der Waals surface area contributed by atoms with Crippen molar-refractivity contribution in [3.8, 4) is 28.4 Å². The molecule has 0 N–H and O–H groups in total. The van der Waals surface area contributed by atoms with Crippen LogP contribution in [0.2, 0.25) is 0 Å². The SMILES string of the molecule is COc1ccc(OC)c(-c2nn(-c3ccccc3)cc2CCC(=O)N2CCCCCC2)c1. The number of rotatable bonds is 7. The van der Waals surface area contributed by atoms with Crippen LogP contribution in [-0.4, -0.2) is 47.9 Å². The van der Waals surface area contributed by atoms with E-state index >= 15 is 0 Å². The summed E-state index contributed by atoms with van der Waals surface area (Å²) in [5, 5.41) is 4.90. The topological polar surface area (TPSA) is 56.6 Å². The van der Waals surface area contributed by atoms with E-state index < -0.39 is 0 Å². The molecule has 0 atom stereocenters. The van der Waals surface area contributed by atoms with Gasteiger partial charge in [0.25, 0.3) is 0 Å². The molecular formula is C26H31N3O3. The van der Waals surface area contributed by atoms with Crippen molar-refractivity contribution in [1.29, 1.82) is 0 Å². The van der Waals surface area contributed by atoms with Gasteiger partial charge in [-0.15, -0.1) is 0 Å². The second kappa shape index (κ2) is 10.4. The molecule has 1 amide bonds. The Bertz CT molecular complexity index is 1040. The molecule has 168 valence electrons. The first-order chi connectivity index (χ1) is 15.7. The molecule has 0 saturated carbocycles. The molecule has 1 aliphatic rings. The van der Waals surface area contributed by atoms with Gasteiger partial charge < -0.3 is 14.4 Å². The van der Waals surface area contributed by atoms with E-state index in [-0.39, 0.29) is 5.91 Å². The monoisotopic (exact) mass is 433 g/mol. The van der Waals surface area contributed by atoms with Gasteiger partial charge in [0.15, 0.2) is 0 Å². The van der Waals surface area contributed by atoms with Crippen molar-refractivity contribution in [2.45, 2.75) is 38.5 Å². The summed E-state index contributed by atoms with van der Waals surface area (Å²) in [5.41, 5.74) is 3.66. The number of hydrogen-bond acceptors (Lipinski definition) is 4. The van der Waals surface area contributed by atoms with Crippen molar-refractivity contribution in [3.05, 3.63) is 60.3 Å². The van der Waals surface area contributed by atoms with E-state index in [1.54, 1.807) is 14.2 Å². The Morgan fingerprint density at radius 2 is 1.72 bits per heavy atom. The van der Waals surface area contributed by atoms with Crippen LogP contribution in [0.25, 0.3) is 16.9 Å². The molecule has 1 aliphatic heterocycles. The third-order valence-corrected chi connectivity index (χ3v) is 6.04. The summed E-state index contributed by atoms with van der Waals surface area (Å²) >= 11 is 0. The van der Waals surface area contributed by atoms with Crippen LogP contribution in [-0.2, 0) is 11.2 Å². The van der Waals surface area contributed by atoms with E-state index in [1.165, 1.54) is 12.8 Å². The lowest BCUT2D eigenvalue weighted by molar-refractivity contribution is -0.131. The van der Waals surface area contributed by atoms with E-state index in [4.69, 9.17) is 14.6 Å². The second-order valence-corrected chi connectivity index (χ2v) is 8.14. The van der Waals surface area contributed by atoms with E-state index in [9.17, 15) is 4.79 Å². The molecular weight excluding hydrogens is 402 g/mol. The molecule has 0 bridgehead atoms. The second-order valence-electron chi connectivity index (χ2n) is 8.14. The maximum Gasteiger partial charge on any atom is 0.222 e. The molecule has 1 fully saturated rings. The summed E-state index contributed by atoms with van der Waals surface area (Å²) < 4.78 is 12.9. The molecule has 4 rings (SSSR count). The van der Waals surface area contributed by atoms with E-state index in [2.05, 4.69) is 0 Å². The molecule has 6 heteroatoms. The predicted molar refractivity (Wildman–Crippen MR) is 125 cm³/mol. The standard InChI is InChI=1S/C26H31N3O3/c1-31-22-13-14-24(32-2)23(18-22)26-20(19-29(27-26)21-10-6-5-7-11-21)12-15-25(30)28-16-8-3-4-9-17-28/h5-7,10-11,13-14,18-19H,3-4,8-9,12,15-17H2,1-2H3. The zero-order chi connectivity index (χ0) is 22.3. The number of nitrogens with zero attached hydrogens (tertiary/aromatic N) is 3. The number of para-hydroxylation sites is 1. The zero-order valence-corrected chi connectivity index (χ0v) is 18.9. The minimum absolute atomic E-state index is 0.225. The number of aromatic nitrogens is 2. The van der Waals surface area contributed by atoms with Crippen molar-refractivity contribution in [1.82, 2.24) is 14.7 Å². The van der Waals surface area contributed by atoms with Crippen LogP contribution in [0.4, 0.5) is 0 Å². The number of aryl methyl sites for hydroxylation is 1. The summed E-state index contributed by atoms with van der Waals surface area (Å²) in [6, 6.07) is 15.7. The molecule has 1 aromatic heterocycles. The molecule has 2 heterocycles. The molecule has 3 aromatic rings. The number of ether oxygens (including phenoxy) is 2. The summed E-state index contributed by atoms with van der Waals surface area (Å²) in [6.07, 6.45) is 7.76. The number of hydrogen-bond donors (Lipinski definition) is 0. The average Bonchev–Trinajstić information content (AvgIpc) is 3.07. The predicted octanol–water partition coefficient (Wildman–Crippen LogP) is 4.89. The molecule has 32 heavy (non-hydrogen) atoms. The first kappa shape index (κ1) is 21.9. The average molecular weight is 434 g/mol. The lowest BCUT2D eigenvalue weighted by Crippen LogP contribution is -2.31. The maximum absolute atomic E-state index is 12.9. The molecule has 0 radical (unpaired) electrons. The lowest BCUT2D eigenvalue weighted by atomic mass is 10.0. The molecule has 2 aromatic carbocycles. The van der Waals surface area contributed by atoms with Crippen LogP contribution in [0.1, 0.15) is 37.7 Å². The van der Waals surface area contributed by atoms with Gasteiger partial charge in [0.2, 0.25) is 5.91 Å². The largest absolute Gasteiger partial charge is 0.497 e. The van der Waals surface area contributed by atoms with Gasteiger partial charge in [0, 0.05) is 31.3 Å². The van der Waals surface area contributed by atoms with Gasteiger partial charge in [-0.05, 0) is 55.2 Å². The number of carbonyl (C=O) groups is 1. The smallest absolute Gasteiger partial charge is 0.222 e. The fraction of sp³-hybridized carbons (Fsp3) is 0.385. The summed E-state index contributed by atoms with van der Waals surface area (Å²) in [7, 11) is 3.30. The number of methoxy groups -OCH3 is 2. The van der Waals surface area contributed by atoms with Gasteiger partial charge in [0.1, 0.15) is 11.5 Å². The van der Waals surface area contributed by atoms with Crippen LogP contribution in [0, 0.1) is 0 Å². The molecule has 0 unspecified atom stereocenters. The zero-order valence-electron chi connectivity index (χ0n) is 18.9. The van der Waals surface area contributed by atoms with Crippen molar-refractivity contribution >= 4 is 5.91 Å². The highest BCUT2D eigenvalue weighted by molar-refractivity contribution is 5.77. The first-order valence-electron chi connectivity index (χ1n) is 11.3. The quantitative estimate of drug-likeness (QED) is 0.532. The van der Waals surface area contributed by atoms with Gasteiger partial charge in [-0.2, -0.15) is 5.10 Å². The van der Waals surface area contributed by atoms with Crippen molar-refractivity contribution in [2.75, 3.05) is 27.3 Å². The summed E-state index contributed by atoms with van der Waals surface area (Å²) in [5.74, 6) is 1.69. The fourth-order valence-corrected chi connectivity index (χ4v) is 4.25. The lowest BCUT2D eigenvalue weighted by Gasteiger charge is -2.20. The Kier molecular flexibility index (Phi) is 7.10. The molecule has 0 aliphatic carbocycles. The van der Waals surface area contributed by atoms with Crippen LogP contribution in [0.3, 0.4) is 0 Å². The molecule has 1 saturated heterocycles. The Balaban J connectivity index is 1.66.